The molecule has 4 N–H and O–H groups in total. The zero-order chi connectivity index (χ0) is 20.7. The summed E-state index contributed by atoms with van der Waals surface area (Å²) in [5, 5.41) is 14.7. The van der Waals surface area contributed by atoms with Crippen LogP contribution in [0.2, 0.25) is 0 Å². The molecule has 9 nitrogen and oxygen atoms in total. The Hall–Kier alpha value is -3.34. The van der Waals surface area contributed by atoms with E-state index in [-0.39, 0.29) is 19.0 Å². The summed E-state index contributed by atoms with van der Waals surface area (Å²) < 4.78 is 29.8. The molecule has 0 saturated carbocycles. The van der Waals surface area contributed by atoms with Gasteiger partial charge in [-0.1, -0.05) is 12.1 Å². The van der Waals surface area contributed by atoms with Crippen LogP contribution in [0.15, 0.2) is 29.1 Å². The molecule has 1 atom stereocenters. The Labute approximate surface area is 157 Å². The van der Waals surface area contributed by atoms with E-state index in [1.807, 2.05) is 0 Å². The number of nitrogens with zero attached hydrogens (tertiary/aromatic N) is 1. The van der Waals surface area contributed by atoms with Crippen molar-refractivity contribution in [2.24, 2.45) is 0 Å². The van der Waals surface area contributed by atoms with E-state index in [1.165, 1.54) is 31.2 Å². The molecule has 0 saturated heterocycles. The number of aromatic hydroxyl groups is 1. The fourth-order valence-electron chi connectivity index (χ4n) is 2.27. The van der Waals surface area contributed by atoms with Crippen molar-refractivity contribution in [1.29, 1.82) is 0 Å². The van der Waals surface area contributed by atoms with Gasteiger partial charge in [-0.05, 0) is 17.7 Å². The molecule has 28 heavy (non-hydrogen) atoms. The van der Waals surface area contributed by atoms with E-state index >= 15 is 0 Å². The maximum absolute atomic E-state index is 12.9. The van der Waals surface area contributed by atoms with Crippen LogP contribution in [-0.2, 0) is 16.1 Å². The second kappa shape index (κ2) is 9.55. The number of nitrogens with one attached hydrogen (secondary N) is 3. The highest BCUT2D eigenvalue weighted by Crippen LogP contribution is 2.14. The Morgan fingerprint density at radius 2 is 2.00 bits per heavy atom. The zero-order valence-corrected chi connectivity index (χ0v) is 14.8. The SMILES string of the molecule is CC(=O)NC(COCF)c1nc(C(=O)NCc2ccc(F)cc2)c(O)c(=O)[nH]1. The quantitative estimate of drug-likeness (QED) is 0.518. The summed E-state index contributed by atoms with van der Waals surface area (Å²) in [5.74, 6) is -2.94. The lowest BCUT2D eigenvalue weighted by Crippen LogP contribution is -2.34. The Kier molecular flexibility index (Phi) is 7.15. The van der Waals surface area contributed by atoms with Crippen LogP contribution in [0.5, 0.6) is 5.75 Å². The molecule has 0 bridgehead atoms. The molecule has 1 unspecified atom stereocenters. The van der Waals surface area contributed by atoms with E-state index < -0.39 is 47.5 Å². The number of hydrogen-bond donors (Lipinski definition) is 4. The molecule has 2 rings (SSSR count). The van der Waals surface area contributed by atoms with Crippen molar-refractivity contribution in [2.75, 3.05) is 13.5 Å². The summed E-state index contributed by atoms with van der Waals surface area (Å²) >= 11 is 0. The molecule has 1 aromatic heterocycles. The summed E-state index contributed by atoms with van der Waals surface area (Å²) in [4.78, 5) is 41.7. The number of carbonyl (C=O) groups excluding carboxylic acids is 2. The van der Waals surface area contributed by atoms with Crippen molar-refractivity contribution in [3.63, 3.8) is 0 Å². The molecule has 0 spiro atoms. The molecule has 0 fully saturated rings. The first-order valence-corrected chi connectivity index (χ1v) is 8.08. The minimum Gasteiger partial charge on any atom is -0.501 e. The highest BCUT2D eigenvalue weighted by Gasteiger charge is 2.23. The van der Waals surface area contributed by atoms with Gasteiger partial charge in [0.2, 0.25) is 11.7 Å². The molecule has 0 aliphatic rings. The lowest BCUT2D eigenvalue weighted by molar-refractivity contribution is -0.120. The summed E-state index contributed by atoms with van der Waals surface area (Å²) in [6.45, 7) is -0.316. The Bertz CT molecular complexity index is 901. The smallest absolute Gasteiger partial charge is 0.294 e. The minimum absolute atomic E-state index is 0.0115. The standard InChI is InChI=1S/C17H18F2N4O5/c1-9(24)21-12(7-28-8-18)15-22-13(14(25)17(27)23-15)16(26)20-6-10-2-4-11(19)5-3-10/h2-5,12,25H,6-8H2,1H3,(H,20,26)(H,21,24)(H,22,23,27). The maximum atomic E-state index is 12.9. The molecule has 150 valence electrons. The lowest BCUT2D eigenvalue weighted by atomic mass is 10.2. The molecule has 11 heteroatoms. The first-order valence-electron chi connectivity index (χ1n) is 8.08. The number of aromatic amines is 1. The van der Waals surface area contributed by atoms with Gasteiger partial charge in [0, 0.05) is 13.5 Å². The first-order chi connectivity index (χ1) is 13.3. The van der Waals surface area contributed by atoms with Crippen molar-refractivity contribution in [1.82, 2.24) is 20.6 Å². The molecular formula is C17H18F2N4O5. The van der Waals surface area contributed by atoms with Crippen molar-refractivity contribution in [2.45, 2.75) is 19.5 Å². The maximum Gasteiger partial charge on any atom is 0.294 e. The normalized spacial score (nSPS) is 11.7. The third-order valence-electron chi connectivity index (χ3n) is 3.56. The number of amides is 2. The van der Waals surface area contributed by atoms with E-state index in [1.54, 1.807) is 0 Å². The predicted molar refractivity (Wildman–Crippen MR) is 92.6 cm³/mol. The topological polar surface area (TPSA) is 133 Å². The largest absolute Gasteiger partial charge is 0.501 e. The van der Waals surface area contributed by atoms with Crippen LogP contribution < -0.4 is 16.2 Å². The third-order valence-corrected chi connectivity index (χ3v) is 3.56. The third kappa shape index (κ3) is 5.58. The van der Waals surface area contributed by atoms with Crippen LogP contribution in [0.1, 0.15) is 34.8 Å². The fraction of sp³-hybridized carbons (Fsp3) is 0.294. The number of carbonyl (C=O) groups is 2. The molecule has 1 aromatic carbocycles. The van der Waals surface area contributed by atoms with Gasteiger partial charge in [-0.3, -0.25) is 14.4 Å². The summed E-state index contributed by atoms with van der Waals surface area (Å²) in [5.41, 5.74) is -1.03. The highest BCUT2D eigenvalue weighted by molar-refractivity contribution is 5.94. The minimum atomic E-state index is -1.14. The summed E-state index contributed by atoms with van der Waals surface area (Å²) in [6.07, 6.45) is 0. The van der Waals surface area contributed by atoms with Crippen LogP contribution in [0.25, 0.3) is 0 Å². The van der Waals surface area contributed by atoms with Gasteiger partial charge < -0.3 is 25.5 Å². The van der Waals surface area contributed by atoms with Crippen molar-refractivity contribution in [3.8, 4) is 5.75 Å². The first kappa shape index (κ1) is 21.0. The van der Waals surface area contributed by atoms with Crippen molar-refractivity contribution in [3.05, 3.63) is 57.5 Å². The lowest BCUT2D eigenvalue weighted by Gasteiger charge is -2.17. The fourth-order valence-corrected chi connectivity index (χ4v) is 2.27. The second-order valence-corrected chi connectivity index (χ2v) is 5.69. The van der Waals surface area contributed by atoms with Crippen molar-refractivity contribution < 1.29 is 28.2 Å². The Morgan fingerprint density at radius 1 is 1.32 bits per heavy atom. The van der Waals surface area contributed by atoms with E-state index in [0.29, 0.717) is 5.56 Å². The molecular weight excluding hydrogens is 378 g/mol. The van der Waals surface area contributed by atoms with E-state index in [2.05, 4.69) is 25.3 Å². The van der Waals surface area contributed by atoms with E-state index in [0.717, 1.165) is 0 Å². The number of H-pyrrole nitrogens is 1. The highest BCUT2D eigenvalue weighted by atomic mass is 19.1. The monoisotopic (exact) mass is 396 g/mol. The summed E-state index contributed by atoms with van der Waals surface area (Å²) in [7, 11) is 0. The number of ether oxygens (including phenoxy) is 1. The Balaban J connectivity index is 2.24. The van der Waals surface area contributed by atoms with Crippen LogP contribution in [0.4, 0.5) is 8.78 Å². The van der Waals surface area contributed by atoms with Crippen molar-refractivity contribution >= 4 is 11.8 Å². The number of rotatable bonds is 8. The van der Waals surface area contributed by atoms with Crippen LogP contribution >= 0.6 is 0 Å². The van der Waals surface area contributed by atoms with Gasteiger partial charge in [-0.2, -0.15) is 0 Å². The Morgan fingerprint density at radius 3 is 2.61 bits per heavy atom. The molecule has 1 heterocycles. The molecule has 2 amide bonds. The zero-order valence-electron chi connectivity index (χ0n) is 14.8. The number of hydrogen-bond acceptors (Lipinski definition) is 6. The molecule has 0 aliphatic heterocycles. The van der Waals surface area contributed by atoms with Crippen LogP contribution in [0.3, 0.4) is 0 Å². The van der Waals surface area contributed by atoms with Gasteiger partial charge in [0.1, 0.15) is 17.7 Å². The van der Waals surface area contributed by atoms with Crippen LogP contribution in [0, 0.1) is 5.82 Å². The van der Waals surface area contributed by atoms with Gasteiger partial charge in [0.05, 0.1) is 6.61 Å². The summed E-state index contributed by atoms with van der Waals surface area (Å²) in [6, 6.07) is 4.28. The van der Waals surface area contributed by atoms with Gasteiger partial charge in [0.25, 0.3) is 11.5 Å². The number of alkyl halides is 1. The van der Waals surface area contributed by atoms with E-state index in [4.69, 9.17) is 0 Å². The molecule has 0 aliphatic carbocycles. The number of halogens is 2. The van der Waals surface area contributed by atoms with E-state index in [9.17, 15) is 28.3 Å². The molecule has 2 aromatic rings. The second-order valence-electron chi connectivity index (χ2n) is 5.69. The predicted octanol–water partition coefficient (Wildman–Crippen LogP) is 0.665. The van der Waals surface area contributed by atoms with Gasteiger partial charge >= 0.3 is 0 Å². The average molecular weight is 396 g/mol. The molecule has 0 radical (unpaired) electrons. The van der Waals surface area contributed by atoms with Gasteiger partial charge in [0.15, 0.2) is 12.6 Å². The number of aromatic nitrogens is 2. The average Bonchev–Trinajstić information content (AvgIpc) is 2.66. The van der Waals surface area contributed by atoms with Crippen LogP contribution in [-0.4, -0.2) is 40.4 Å². The number of benzene rings is 1. The van der Waals surface area contributed by atoms with Gasteiger partial charge in [-0.15, -0.1) is 0 Å². The van der Waals surface area contributed by atoms with Gasteiger partial charge in [-0.25, -0.2) is 13.8 Å².